The first-order valence-corrected chi connectivity index (χ1v) is 19.6. The molecule has 60 heavy (non-hydrogen) atoms. The van der Waals surface area contributed by atoms with Gasteiger partial charge in [-0.1, -0.05) is 162 Å². The Kier molecular flexibility index (Phi) is 9.52. The van der Waals surface area contributed by atoms with Crippen molar-refractivity contribution in [2.45, 2.75) is 0 Å². The maximum Gasteiger partial charge on any atom is 0.148 e. The minimum atomic E-state index is 0. The van der Waals surface area contributed by atoms with Gasteiger partial charge in [-0.25, -0.2) is 4.98 Å². The Morgan fingerprint density at radius 1 is 0.483 bits per heavy atom. The fourth-order valence-corrected chi connectivity index (χ4v) is 8.25. The molecular formula is C54H34N3O2Pt-. The standard InChI is InChI=1S/C54H34N3O2.Pt/c58-50-34-52-45(44-22-11-13-26-51(44)59-52)33-46(50)54-56-53-43(23-14-25-49(53)57(54)48-24-12-10-21-42(48)37-19-8-3-9-20-37)40-29-39(36-17-6-2-7-18-36)30-41(31-40)47-32-38(27-28-55-47)35-15-4-1-5-16-35;/h1-30,32-34,58H;/q-1;. The molecular weight excluding hydrogens is 918 g/mol. The first-order chi connectivity index (χ1) is 29.2. The Labute approximate surface area is 361 Å². The van der Waals surface area contributed by atoms with Crippen molar-refractivity contribution in [3.8, 4) is 78.6 Å². The van der Waals surface area contributed by atoms with Crippen LogP contribution in [0.5, 0.6) is 5.75 Å². The Balaban J connectivity index is 0.00000433. The van der Waals surface area contributed by atoms with Gasteiger partial charge in [-0.15, -0.1) is 23.8 Å². The molecule has 0 spiro atoms. The van der Waals surface area contributed by atoms with Crippen LogP contribution in [-0.4, -0.2) is 19.6 Å². The maximum absolute atomic E-state index is 11.9. The summed E-state index contributed by atoms with van der Waals surface area (Å²) in [5.41, 5.74) is 14.5. The summed E-state index contributed by atoms with van der Waals surface area (Å²) in [7, 11) is 0. The summed E-state index contributed by atoms with van der Waals surface area (Å²) in [6, 6.07) is 69.8. The number of phenolic OH excluding ortho intramolecular Hbond substituents is 1. The number of imidazole rings is 1. The van der Waals surface area contributed by atoms with Crippen molar-refractivity contribution in [3.63, 3.8) is 0 Å². The van der Waals surface area contributed by atoms with Crippen molar-refractivity contribution in [2.75, 3.05) is 0 Å². The van der Waals surface area contributed by atoms with Crippen LogP contribution >= 0.6 is 0 Å². The molecule has 0 unspecified atom stereocenters. The van der Waals surface area contributed by atoms with Crippen molar-refractivity contribution in [3.05, 3.63) is 206 Å². The Hall–Kier alpha value is -7.33. The molecule has 11 aromatic rings. The van der Waals surface area contributed by atoms with E-state index in [0.717, 1.165) is 88.8 Å². The summed E-state index contributed by atoms with van der Waals surface area (Å²) in [5, 5.41) is 13.7. The molecule has 5 nitrogen and oxygen atoms in total. The molecule has 0 aliphatic heterocycles. The summed E-state index contributed by atoms with van der Waals surface area (Å²) >= 11 is 0. The van der Waals surface area contributed by atoms with Gasteiger partial charge < -0.3 is 9.52 Å². The minimum absolute atomic E-state index is 0. The Bertz CT molecular complexity index is 3340. The summed E-state index contributed by atoms with van der Waals surface area (Å²) in [6.07, 6.45) is 1.87. The van der Waals surface area contributed by atoms with Gasteiger partial charge in [-0.05, 0) is 52.6 Å². The summed E-state index contributed by atoms with van der Waals surface area (Å²) < 4.78 is 8.36. The molecule has 0 saturated carbocycles. The van der Waals surface area contributed by atoms with Crippen molar-refractivity contribution in [2.24, 2.45) is 0 Å². The predicted octanol–water partition coefficient (Wildman–Crippen LogP) is 13.8. The number of aromatic nitrogens is 3. The molecule has 0 aliphatic carbocycles. The van der Waals surface area contributed by atoms with Gasteiger partial charge in [0.15, 0.2) is 0 Å². The van der Waals surface area contributed by atoms with E-state index >= 15 is 0 Å². The van der Waals surface area contributed by atoms with E-state index in [1.165, 1.54) is 0 Å². The molecule has 1 N–H and O–H groups in total. The van der Waals surface area contributed by atoms with Gasteiger partial charge >= 0.3 is 0 Å². The second-order valence-corrected chi connectivity index (χ2v) is 14.6. The van der Waals surface area contributed by atoms with Crippen LogP contribution < -0.4 is 0 Å². The molecule has 0 aliphatic rings. The first kappa shape index (κ1) is 37.0. The number of hydrogen-bond acceptors (Lipinski definition) is 4. The normalized spacial score (nSPS) is 11.3. The average molecular weight is 952 g/mol. The van der Waals surface area contributed by atoms with Crippen LogP contribution in [0, 0.1) is 6.07 Å². The number of furan rings is 1. The molecule has 11 rings (SSSR count). The van der Waals surface area contributed by atoms with Crippen LogP contribution in [0.25, 0.3) is 106 Å². The van der Waals surface area contributed by atoms with Crippen LogP contribution in [0.4, 0.5) is 0 Å². The van der Waals surface area contributed by atoms with Gasteiger partial charge in [0.25, 0.3) is 0 Å². The largest absolute Gasteiger partial charge is 0.507 e. The molecule has 0 radical (unpaired) electrons. The fourth-order valence-electron chi connectivity index (χ4n) is 8.25. The van der Waals surface area contributed by atoms with Gasteiger partial charge in [-0.3, -0.25) is 9.55 Å². The molecule has 0 atom stereocenters. The van der Waals surface area contributed by atoms with E-state index in [1.807, 2.05) is 66.9 Å². The van der Waals surface area contributed by atoms with E-state index in [-0.39, 0.29) is 26.8 Å². The zero-order valence-corrected chi connectivity index (χ0v) is 34.3. The monoisotopic (exact) mass is 951 g/mol. The SMILES string of the molecule is Oc1cc2oc3ccccc3c2cc1-c1nc2c(-c3[c-]c(-c4cc(-c5ccccc5)ccn4)cc(-c4ccccc4)c3)cccc2n1-c1ccccc1-c1ccccc1.[Pt]. The number of para-hydroxylation sites is 3. The number of rotatable bonds is 7. The summed E-state index contributed by atoms with van der Waals surface area (Å²) in [6.45, 7) is 0. The number of nitrogens with zero attached hydrogens (tertiary/aromatic N) is 3. The molecule has 0 fully saturated rings. The average Bonchev–Trinajstić information content (AvgIpc) is 3.87. The van der Waals surface area contributed by atoms with Gasteiger partial charge in [0.2, 0.25) is 0 Å². The van der Waals surface area contributed by atoms with Crippen LogP contribution in [-0.2, 0) is 21.1 Å². The number of hydrogen-bond donors (Lipinski definition) is 1. The van der Waals surface area contributed by atoms with Crippen LogP contribution in [0.1, 0.15) is 0 Å². The minimum Gasteiger partial charge on any atom is -0.507 e. The van der Waals surface area contributed by atoms with Gasteiger partial charge in [-0.2, -0.15) is 0 Å². The van der Waals surface area contributed by atoms with E-state index in [2.05, 4.69) is 138 Å². The third kappa shape index (κ3) is 6.50. The van der Waals surface area contributed by atoms with Crippen molar-refractivity contribution in [1.82, 2.24) is 14.5 Å². The van der Waals surface area contributed by atoms with E-state index in [4.69, 9.17) is 14.4 Å². The first-order valence-electron chi connectivity index (χ1n) is 19.6. The van der Waals surface area contributed by atoms with Crippen molar-refractivity contribution >= 4 is 33.0 Å². The predicted molar refractivity (Wildman–Crippen MR) is 239 cm³/mol. The molecule has 8 aromatic carbocycles. The van der Waals surface area contributed by atoms with E-state index in [1.54, 1.807) is 6.07 Å². The number of phenols is 1. The zero-order valence-electron chi connectivity index (χ0n) is 32.1. The van der Waals surface area contributed by atoms with Gasteiger partial charge in [0.1, 0.15) is 22.7 Å². The van der Waals surface area contributed by atoms with E-state index in [0.29, 0.717) is 17.0 Å². The topological polar surface area (TPSA) is 64.1 Å². The van der Waals surface area contributed by atoms with Crippen LogP contribution in [0.2, 0.25) is 0 Å². The van der Waals surface area contributed by atoms with Crippen LogP contribution in [0.3, 0.4) is 0 Å². The van der Waals surface area contributed by atoms with Crippen molar-refractivity contribution < 1.29 is 30.6 Å². The molecule has 3 aromatic heterocycles. The van der Waals surface area contributed by atoms with Gasteiger partial charge in [0, 0.05) is 55.4 Å². The maximum atomic E-state index is 11.9. The fraction of sp³-hybridized carbons (Fsp3) is 0. The molecule has 0 saturated heterocycles. The van der Waals surface area contributed by atoms with Gasteiger partial charge in [0.05, 0.1) is 22.3 Å². The van der Waals surface area contributed by atoms with E-state index < -0.39 is 0 Å². The third-order valence-electron chi connectivity index (χ3n) is 11.1. The quantitative estimate of drug-likeness (QED) is 0.162. The third-order valence-corrected chi connectivity index (χ3v) is 11.1. The second-order valence-electron chi connectivity index (χ2n) is 14.6. The van der Waals surface area contributed by atoms with Crippen molar-refractivity contribution in [1.29, 1.82) is 0 Å². The number of fused-ring (bicyclic) bond motifs is 4. The summed E-state index contributed by atoms with van der Waals surface area (Å²) in [5.74, 6) is 0.688. The molecule has 6 heteroatoms. The van der Waals surface area contributed by atoms with E-state index in [9.17, 15) is 5.11 Å². The second kappa shape index (κ2) is 15.4. The van der Waals surface area contributed by atoms with Crippen LogP contribution in [0.15, 0.2) is 205 Å². The Morgan fingerprint density at radius 2 is 1.13 bits per heavy atom. The zero-order chi connectivity index (χ0) is 39.3. The molecule has 0 amide bonds. The number of aromatic hydroxyl groups is 1. The Morgan fingerprint density at radius 3 is 1.92 bits per heavy atom. The molecule has 3 heterocycles. The molecule has 288 valence electrons. The summed E-state index contributed by atoms with van der Waals surface area (Å²) in [4.78, 5) is 10.4. The number of benzene rings is 8. The molecule has 0 bridgehead atoms. The number of pyridine rings is 1. The smallest absolute Gasteiger partial charge is 0.148 e.